The van der Waals surface area contributed by atoms with Crippen molar-refractivity contribution in [3.8, 4) is 0 Å². The molecule has 0 fully saturated rings. The van der Waals surface area contributed by atoms with Gasteiger partial charge in [0.15, 0.2) is 0 Å². The minimum Gasteiger partial charge on any atom is -0.480 e. The van der Waals surface area contributed by atoms with E-state index in [-0.39, 0.29) is 13.2 Å². The van der Waals surface area contributed by atoms with E-state index in [9.17, 15) is 4.79 Å². The van der Waals surface area contributed by atoms with Crippen molar-refractivity contribution in [2.75, 3.05) is 19.7 Å². The van der Waals surface area contributed by atoms with Crippen molar-refractivity contribution >= 4 is 5.97 Å². The van der Waals surface area contributed by atoms with Crippen LogP contribution < -0.4 is 11.1 Å². The highest BCUT2D eigenvalue weighted by Crippen LogP contribution is 2.08. The molecule has 0 aromatic heterocycles. The van der Waals surface area contributed by atoms with Gasteiger partial charge in [-0.2, -0.15) is 0 Å². The Balaban J connectivity index is 3.64. The lowest BCUT2D eigenvalue weighted by molar-refractivity contribution is -0.138. The highest BCUT2D eigenvalue weighted by Gasteiger charge is 2.12. The van der Waals surface area contributed by atoms with Crippen LogP contribution in [-0.2, 0) is 4.79 Å². The lowest BCUT2D eigenvalue weighted by Crippen LogP contribution is -2.41. The highest BCUT2D eigenvalue weighted by atomic mass is 16.4. The Kier molecular flexibility index (Phi) is 8.27. The number of aliphatic hydroxyl groups excluding tert-OH is 1. The van der Waals surface area contributed by atoms with E-state index in [4.69, 9.17) is 15.9 Å². The fourth-order valence-corrected chi connectivity index (χ4v) is 1.47. The van der Waals surface area contributed by atoms with Gasteiger partial charge in [-0.05, 0) is 25.3 Å². The van der Waals surface area contributed by atoms with Gasteiger partial charge >= 0.3 is 5.97 Å². The molecular weight excluding hydrogens is 196 g/mol. The smallest absolute Gasteiger partial charge is 0.321 e. The molecule has 5 N–H and O–H groups in total. The van der Waals surface area contributed by atoms with E-state index < -0.39 is 12.0 Å². The van der Waals surface area contributed by atoms with Gasteiger partial charge in [0.1, 0.15) is 6.04 Å². The summed E-state index contributed by atoms with van der Waals surface area (Å²) in [4.78, 5) is 10.4. The molecule has 0 aromatic carbocycles. The Morgan fingerprint density at radius 1 is 1.40 bits per heavy atom. The second kappa shape index (κ2) is 8.64. The lowest BCUT2D eigenvalue weighted by Gasteiger charge is -2.16. The molecule has 0 rings (SSSR count). The summed E-state index contributed by atoms with van der Waals surface area (Å²) in [6.07, 6.45) is 2.86. The molecule has 0 aliphatic rings. The van der Waals surface area contributed by atoms with Gasteiger partial charge in [0.25, 0.3) is 0 Å². The Morgan fingerprint density at radius 3 is 2.53 bits per heavy atom. The fraction of sp³-hybridized carbons (Fsp3) is 0.900. The van der Waals surface area contributed by atoms with Gasteiger partial charge in [-0.3, -0.25) is 4.79 Å². The molecule has 0 aromatic rings. The minimum absolute atomic E-state index is 0.178. The lowest BCUT2D eigenvalue weighted by atomic mass is 10.0. The van der Waals surface area contributed by atoms with Crippen LogP contribution in [0.15, 0.2) is 0 Å². The molecule has 5 nitrogen and oxygen atoms in total. The Bertz CT molecular complexity index is 170. The average molecular weight is 218 g/mol. The number of hydrogen-bond acceptors (Lipinski definition) is 4. The predicted molar refractivity (Wildman–Crippen MR) is 58.6 cm³/mol. The maximum absolute atomic E-state index is 10.4. The maximum Gasteiger partial charge on any atom is 0.321 e. The number of aliphatic hydroxyl groups is 1. The number of nitrogens with one attached hydrogen (secondary N) is 1. The molecule has 0 aliphatic carbocycles. The van der Waals surface area contributed by atoms with Crippen LogP contribution in [0.2, 0.25) is 0 Å². The summed E-state index contributed by atoms with van der Waals surface area (Å²) in [5, 5.41) is 20.4. The molecule has 90 valence electrons. The van der Waals surface area contributed by atoms with Crippen LogP contribution in [0.4, 0.5) is 0 Å². The van der Waals surface area contributed by atoms with E-state index in [1.807, 2.05) is 0 Å². The van der Waals surface area contributed by atoms with Crippen molar-refractivity contribution < 1.29 is 15.0 Å². The van der Waals surface area contributed by atoms with E-state index in [2.05, 4.69) is 12.2 Å². The van der Waals surface area contributed by atoms with Gasteiger partial charge < -0.3 is 21.3 Å². The van der Waals surface area contributed by atoms with Crippen LogP contribution in [0.25, 0.3) is 0 Å². The van der Waals surface area contributed by atoms with Gasteiger partial charge in [-0.25, -0.2) is 0 Å². The van der Waals surface area contributed by atoms with E-state index in [1.54, 1.807) is 0 Å². The summed E-state index contributed by atoms with van der Waals surface area (Å²) >= 11 is 0. The predicted octanol–water partition coefficient (Wildman–Crippen LogP) is -0.213. The molecule has 0 saturated carbocycles. The molecule has 0 aliphatic heterocycles. The van der Waals surface area contributed by atoms with Crippen LogP contribution in [0, 0.1) is 5.92 Å². The SMILES string of the molecule is CCCC(CCO)CNCC(N)C(=O)O. The van der Waals surface area contributed by atoms with Gasteiger partial charge in [0.05, 0.1) is 0 Å². The van der Waals surface area contributed by atoms with Crippen molar-refractivity contribution in [1.82, 2.24) is 5.32 Å². The number of aliphatic carboxylic acids is 1. The molecule has 2 atom stereocenters. The molecule has 0 saturated heterocycles. The normalized spacial score (nSPS) is 14.9. The third-order valence-corrected chi connectivity index (χ3v) is 2.35. The van der Waals surface area contributed by atoms with Crippen molar-refractivity contribution in [3.05, 3.63) is 0 Å². The monoisotopic (exact) mass is 218 g/mol. The average Bonchev–Trinajstić information content (AvgIpc) is 2.18. The zero-order chi connectivity index (χ0) is 11.7. The van der Waals surface area contributed by atoms with Crippen LogP contribution in [0.5, 0.6) is 0 Å². The van der Waals surface area contributed by atoms with E-state index >= 15 is 0 Å². The molecule has 2 unspecified atom stereocenters. The Morgan fingerprint density at radius 2 is 2.07 bits per heavy atom. The topological polar surface area (TPSA) is 95.6 Å². The first-order valence-electron chi connectivity index (χ1n) is 5.41. The number of rotatable bonds is 9. The molecule has 0 bridgehead atoms. The van der Waals surface area contributed by atoms with Gasteiger partial charge in [-0.1, -0.05) is 13.3 Å². The summed E-state index contributed by atoms with van der Waals surface area (Å²) in [7, 11) is 0. The first kappa shape index (κ1) is 14.3. The van der Waals surface area contributed by atoms with Crippen LogP contribution in [-0.4, -0.2) is 41.9 Å². The van der Waals surface area contributed by atoms with Gasteiger partial charge in [-0.15, -0.1) is 0 Å². The second-order valence-corrected chi connectivity index (χ2v) is 3.77. The molecular formula is C10H22N2O3. The highest BCUT2D eigenvalue weighted by molar-refractivity contribution is 5.73. The number of carboxylic acid groups (broad SMARTS) is 1. The van der Waals surface area contributed by atoms with Crippen molar-refractivity contribution in [2.24, 2.45) is 11.7 Å². The second-order valence-electron chi connectivity index (χ2n) is 3.77. The summed E-state index contributed by atoms with van der Waals surface area (Å²) < 4.78 is 0. The zero-order valence-electron chi connectivity index (χ0n) is 9.28. The minimum atomic E-state index is -0.989. The van der Waals surface area contributed by atoms with E-state index in [0.717, 1.165) is 25.8 Å². The third-order valence-electron chi connectivity index (χ3n) is 2.35. The van der Waals surface area contributed by atoms with E-state index in [1.165, 1.54) is 0 Å². The maximum atomic E-state index is 10.4. The van der Waals surface area contributed by atoms with Crippen LogP contribution >= 0.6 is 0 Å². The summed E-state index contributed by atoms with van der Waals surface area (Å²) in [5.74, 6) is -0.585. The summed E-state index contributed by atoms with van der Waals surface area (Å²) in [6, 6.07) is -0.846. The van der Waals surface area contributed by atoms with Crippen molar-refractivity contribution in [3.63, 3.8) is 0 Å². The number of carboxylic acids is 1. The molecule has 0 amide bonds. The summed E-state index contributed by atoms with van der Waals surface area (Å²) in [6.45, 7) is 3.26. The van der Waals surface area contributed by atoms with Crippen LogP contribution in [0.3, 0.4) is 0 Å². The van der Waals surface area contributed by atoms with Gasteiger partial charge in [0, 0.05) is 13.2 Å². The van der Waals surface area contributed by atoms with Crippen molar-refractivity contribution in [2.45, 2.75) is 32.2 Å². The van der Waals surface area contributed by atoms with Gasteiger partial charge in [0.2, 0.25) is 0 Å². The number of nitrogens with two attached hydrogens (primary N) is 1. The Hall–Kier alpha value is -0.650. The largest absolute Gasteiger partial charge is 0.480 e. The molecule has 15 heavy (non-hydrogen) atoms. The molecule has 0 spiro atoms. The first-order chi connectivity index (χ1) is 7.11. The van der Waals surface area contributed by atoms with Crippen LogP contribution in [0.1, 0.15) is 26.2 Å². The fourth-order valence-electron chi connectivity index (χ4n) is 1.47. The quantitative estimate of drug-likeness (QED) is 0.429. The summed E-state index contributed by atoms with van der Waals surface area (Å²) in [5.41, 5.74) is 5.34. The van der Waals surface area contributed by atoms with E-state index in [0.29, 0.717) is 5.92 Å². The number of carbonyl (C=O) groups is 1. The first-order valence-corrected chi connectivity index (χ1v) is 5.41. The van der Waals surface area contributed by atoms with Crippen molar-refractivity contribution in [1.29, 1.82) is 0 Å². The Labute approximate surface area is 90.7 Å². The zero-order valence-corrected chi connectivity index (χ0v) is 9.28. The third kappa shape index (κ3) is 7.30. The number of hydrogen-bond donors (Lipinski definition) is 4. The molecule has 0 heterocycles. The molecule has 5 heteroatoms. The molecule has 0 radical (unpaired) electrons. The standard InChI is InChI=1S/C10H22N2O3/c1-2-3-8(4-5-13)6-12-7-9(11)10(14)15/h8-9,12-13H,2-7,11H2,1H3,(H,14,15).